The number of benzene rings is 1. The molecule has 2 N–H and O–H groups in total. The molecule has 0 saturated carbocycles. The van der Waals surface area contributed by atoms with Gasteiger partial charge in [0.25, 0.3) is 0 Å². The summed E-state index contributed by atoms with van der Waals surface area (Å²) in [5, 5.41) is 0. The van der Waals surface area contributed by atoms with Crippen molar-refractivity contribution in [1.29, 1.82) is 0 Å². The van der Waals surface area contributed by atoms with Gasteiger partial charge in [0.1, 0.15) is 12.4 Å². The maximum absolute atomic E-state index is 11.7. The quantitative estimate of drug-likeness (QED) is 0.686. The molecule has 0 atom stereocenters. The van der Waals surface area contributed by atoms with E-state index in [1.54, 1.807) is 36.7 Å². The second-order valence-corrected chi connectivity index (χ2v) is 4.92. The molecule has 0 saturated heterocycles. The summed E-state index contributed by atoms with van der Waals surface area (Å²) in [4.78, 5) is 15.7. The van der Waals surface area contributed by atoms with Gasteiger partial charge in [-0.3, -0.25) is 4.98 Å². The van der Waals surface area contributed by atoms with Crippen LogP contribution < -0.4 is 10.5 Å². The van der Waals surface area contributed by atoms with Crippen LogP contribution in [0, 0.1) is 0 Å². The number of carbonyl (C=O) groups excluding carboxylic acids is 1. The van der Waals surface area contributed by atoms with Crippen molar-refractivity contribution in [3.05, 3.63) is 52.3 Å². The molecular weight excluding hydrogens is 324 g/mol. The van der Waals surface area contributed by atoms with E-state index in [4.69, 9.17) is 15.2 Å². The zero-order valence-corrected chi connectivity index (χ0v) is 12.4. The van der Waals surface area contributed by atoms with Crippen LogP contribution in [0.15, 0.2) is 41.1 Å². The molecule has 0 aliphatic heterocycles. The highest BCUT2D eigenvalue weighted by atomic mass is 79.9. The number of esters is 1. The lowest BCUT2D eigenvalue weighted by molar-refractivity contribution is 0.0599. The summed E-state index contributed by atoms with van der Waals surface area (Å²) in [6.07, 6.45) is 3.25. The molecule has 0 amide bonds. The zero-order chi connectivity index (χ0) is 14.5. The summed E-state index contributed by atoms with van der Waals surface area (Å²) in [5.41, 5.74) is 7.18. The molecule has 2 rings (SSSR count). The van der Waals surface area contributed by atoms with Crippen molar-refractivity contribution in [2.75, 3.05) is 12.8 Å². The Hall–Kier alpha value is -2.08. The molecule has 1 heterocycles. The fourth-order valence-electron chi connectivity index (χ4n) is 1.72. The first-order chi connectivity index (χ1) is 9.61. The Morgan fingerprint density at radius 3 is 2.90 bits per heavy atom. The van der Waals surface area contributed by atoms with Gasteiger partial charge in [0.15, 0.2) is 0 Å². The van der Waals surface area contributed by atoms with Gasteiger partial charge in [-0.05, 0) is 28.1 Å². The monoisotopic (exact) mass is 336 g/mol. The number of rotatable bonds is 4. The third-order valence-corrected chi connectivity index (χ3v) is 3.08. The van der Waals surface area contributed by atoms with Gasteiger partial charge in [0, 0.05) is 21.9 Å². The van der Waals surface area contributed by atoms with Gasteiger partial charge in [0.05, 0.1) is 18.9 Å². The van der Waals surface area contributed by atoms with E-state index in [1.165, 1.54) is 7.11 Å². The minimum Gasteiger partial charge on any atom is -0.487 e. The van der Waals surface area contributed by atoms with Gasteiger partial charge in [-0.15, -0.1) is 0 Å². The number of carbonyl (C=O) groups is 1. The Kier molecular flexibility index (Phi) is 4.57. The van der Waals surface area contributed by atoms with Gasteiger partial charge in [-0.1, -0.05) is 12.1 Å². The molecule has 0 aliphatic carbocycles. The van der Waals surface area contributed by atoms with E-state index in [-0.39, 0.29) is 6.61 Å². The SMILES string of the molecule is COC(=O)c1c(N)cccc1COc1cncc(Br)c1. The smallest absolute Gasteiger partial charge is 0.340 e. The van der Waals surface area contributed by atoms with E-state index < -0.39 is 5.97 Å². The number of nitrogen functional groups attached to an aromatic ring is 1. The van der Waals surface area contributed by atoms with Crippen LogP contribution in [-0.4, -0.2) is 18.1 Å². The highest BCUT2D eigenvalue weighted by molar-refractivity contribution is 9.10. The topological polar surface area (TPSA) is 74.4 Å². The predicted octanol–water partition coefficient (Wildman–Crippen LogP) is 2.79. The summed E-state index contributed by atoms with van der Waals surface area (Å²) >= 11 is 3.31. The van der Waals surface area contributed by atoms with Crippen molar-refractivity contribution < 1.29 is 14.3 Å². The maximum Gasteiger partial charge on any atom is 0.340 e. The summed E-state index contributed by atoms with van der Waals surface area (Å²) in [6.45, 7) is 0.202. The molecule has 0 fully saturated rings. The average molecular weight is 337 g/mol. The molecule has 1 aromatic heterocycles. The van der Waals surface area contributed by atoms with E-state index in [9.17, 15) is 4.79 Å². The Labute approximate surface area is 124 Å². The third kappa shape index (κ3) is 3.27. The Morgan fingerprint density at radius 1 is 1.40 bits per heavy atom. The van der Waals surface area contributed by atoms with Crippen LogP contribution in [0.3, 0.4) is 0 Å². The number of nitrogens with two attached hydrogens (primary N) is 1. The molecule has 0 radical (unpaired) electrons. The second-order valence-electron chi connectivity index (χ2n) is 4.00. The molecule has 0 unspecified atom stereocenters. The van der Waals surface area contributed by atoms with Gasteiger partial charge < -0.3 is 15.2 Å². The molecule has 6 heteroatoms. The summed E-state index contributed by atoms with van der Waals surface area (Å²) in [6, 6.07) is 6.97. The van der Waals surface area contributed by atoms with Crippen molar-refractivity contribution in [2.24, 2.45) is 0 Å². The predicted molar refractivity (Wildman–Crippen MR) is 78.5 cm³/mol. The van der Waals surface area contributed by atoms with Gasteiger partial charge >= 0.3 is 5.97 Å². The fraction of sp³-hybridized carbons (Fsp3) is 0.143. The van der Waals surface area contributed by atoms with Crippen LogP contribution in [-0.2, 0) is 11.3 Å². The molecule has 0 aliphatic rings. The highest BCUT2D eigenvalue weighted by Gasteiger charge is 2.15. The van der Waals surface area contributed by atoms with Gasteiger partial charge in [-0.2, -0.15) is 0 Å². The zero-order valence-electron chi connectivity index (χ0n) is 10.8. The first-order valence-corrected chi connectivity index (χ1v) is 6.60. The number of nitrogens with zero attached hydrogens (tertiary/aromatic N) is 1. The molecule has 0 bridgehead atoms. The number of halogens is 1. The third-order valence-electron chi connectivity index (χ3n) is 2.65. The van der Waals surface area contributed by atoms with E-state index in [1.807, 2.05) is 0 Å². The standard InChI is InChI=1S/C14H13BrN2O3/c1-19-14(18)13-9(3-2-4-12(13)16)8-20-11-5-10(15)6-17-7-11/h2-7H,8,16H2,1H3. The Bertz CT molecular complexity index is 632. The number of aromatic nitrogens is 1. The first-order valence-electron chi connectivity index (χ1n) is 5.81. The van der Waals surface area contributed by atoms with Crippen LogP contribution >= 0.6 is 15.9 Å². The number of pyridine rings is 1. The number of hydrogen-bond acceptors (Lipinski definition) is 5. The van der Waals surface area contributed by atoms with E-state index in [0.717, 1.165) is 4.47 Å². The lowest BCUT2D eigenvalue weighted by Gasteiger charge is -2.11. The van der Waals surface area contributed by atoms with Crippen molar-refractivity contribution >= 4 is 27.6 Å². The van der Waals surface area contributed by atoms with Crippen LogP contribution in [0.5, 0.6) is 5.75 Å². The Morgan fingerprint density at radius 2 is 2.20 bits per heavy atom. The van der Waals surface area contributed by atoms with E-state index >= 15 is 0 Å². The van der Waals surface area contributed by atoms with Crippen molar-refractivity contribution in [1.82, 2.24) is 4.98 Å². The Balaban J connectivity index is 2.21. The molecule has 5 nitrogen and oxygen atoms in total. The number of methoxy groups -OCH3 is 1. The fourth-order valence-corrected chi connectivity index (χ4v) is 2.07. The van der Waals surface area contributed by atoms with E-state index in [0.29, 0.717) is 22.6 Å². The van der Waals surface area contributed by atoms with Crippen LogP contribution in [0.2, 0.25) is 0 Å². The van der Waals surface area contributed by atoms with Gasteiger partial charge in [0.2, 0.25) is 0 Å². The summed E-state index contributed by atoms with van der Waals surface area (Å²) < 4.78 is 11.2. The highest BCUT2D eigenvalue weighted by Crippen LogP contribution is 2.21. The largest absolute Gasteiger partial charge is 0.487 e. The molecular formula is C14H13BrN2O3. The maximum atomic E-state index is 11.7. The van der Waals surface area contributed by atoms with Crippen molar-refractivity contribution in [3.8, 4) is 5.75 Å². The van der Waals surface area contributed by atoms with Crippen molar-refractivity contribution in [2.45, 2.75) is 6.61 Å². The first kappa shape index (κ1) is 14.3. The summed E-state index contributed by atoms with van der Waals surface area (Å²) in [5.74, 6) is 0.117. The van der Waals surface area contributed by atoms with Crippen LogP contribution in [0.4, 0.5) is 5.69 Å². The molecule has 104 valence electrons. The van der Waals surface area contributed by atoms with Crippen LogP contribution in [0.1, 0.15) is 15.9 Å². The molecule has 2 aromatic rings. The molecule has 0 spiro atoms. The number of anilines is 1. The summed E-state index contributed by atoms with van der Waals surface area (Å²) in [7, 11) is 1.32. The lowest BCUT2D eigenvalue weighted by atomic mass is 10.1. The van der Waals surface area contributed by atoms with Crippen molar-refractivity contribution in [3.63, 3.8) is 0 Å². The van der Waals surface area contributed by atoms with Gasteiger partial charge in [-0.25, -0.2) is 4.79 Å². The molecule has 20 heavy (non-hydrogen) atoms. The number of hydrogen-bond donors (Lipinski definition) is 1. The molecule has 1 aromatic carbocycles. The normalized spacial score (nSPS) is 10.1. The minimum atomic E-state index is -0.478. The minimum absolute atomic E-state index is 0.202. The second kappa shape index (κ2) is 6.38. The lowest BCUT2D eigenvalue weighted by Crippen LogP contribution is -2.11. The van der Waals surface area contributed by atoms with Crippen LogP contribution in [0.25, 0.3) is 0 Å². The van der Waals surface area contributed by atoms with E-state index in [2.05, 4.69) is 20.9 Å². The average Bonchev–Trinajstić information content (AvgIpc) is 2.44. The number of ether oxygens (including phenoxy) is 2.